The molecule has 20 nitrogen and oxygen atoms in total. The van der Waals surface area contributed by atoms with Gasteiger partial charge in [-0.05, 0) is 6.07 Å². The fourth-order valence-corrected chi connectivity index (χ4v) is 8.45. The maximum atomic E-state index is 13.6. The van der Waals surface area contributed by atoms with E-state index in [9.17, 15) is 19.3 Å². The summed E-state index contributed by atoms with van der Waals surface area (Å²) in [6, 6.07) is 1.54. The monoisotopic (exact) mass is 704 g/mol. The molecule has 0 aromatic carbocycles. The van der Waals surface area contributed by atoms with Crippen LogP contribution < -0.4 is 17.2 Å². The molecule has 9 atom stereocenters. The van der Waals surface area contributed by atoms with E-state index in [2.05, 4.69) is 49.4 Å². The average molecular weight is 705 g/mol. The first-order valence-electron chi connectivity index (χ1n) is 13.1. The quantitative estimate of drug-likeness (QED) is 0.108. The molecule has 24 heteroatoms. The molecule has 8 N–H and O–H groups in total. The van der Waals surface area contributed by atoms with Crippen molar-refractivity contribution in [1.82, 2.24) is 34.1 Å². The number of thiol groups is 2. The second kappa shape index (κ2) is 11.0. The van der Waals surface area contributed by atoms with Gasteiger partial charge in [0.05, 0.1) is 31.5 Å². The van der Waals surface area contributed by atoms with Crippen LogP contribution in [0.15, 0.2) is 24.9 Å². The van der Waals surface area contributed by atoms with E-state index >= 15 is 0 Å². The van der Waals surface area contributed by atoms with Crippen molar-refractivity contribution in [1.29, 1.82) is 0 Å². The van der Waals surface area contributed by atoms with Crippen LogP contribution in [-0.4, -0.2) is 94.6 Å². The maximum absolute atomic E-state index is 13.6. The van der Waals surface area contributed by atoms with Crippen molar-refractivity contribution in [3.63, 3.8) is 0 Å². The summed E-state index contributed by atoms with van der Waals surface area (Å²) in [4.78, 5) is 20.3. The van der Waals surface area contributed by atoms with Crippen molar-refractivity contribution in [3.05, 3.63) is 24.9 Å². The number of aromatic nitrogens is 7. The van der Waals surface area contributed by atoms with Gasteiger partial charge in [0.25, 0.3) is 0 Å². The Morgan fingerprint density at radius 3 is 2.49 bits per heavy atom. The first-order valence-corrected chi connectivity index (χ1v) is 18.5. The number of hydrogen-bond donors (Lipinski definition) is 7. The van der Waals surface area contributed by atoms with Gasteiger partial charge >= 0.3 is 13.6 Å². The highest BCUT2D eigenvalue weighted by Gasteiger charge is 2.56. The number of rotatable bonds is 2. The minimum atomic E-state index is -4.37. The summed E-state index contributed by atoms with van der Waals surface area (Å²) in [5.41, 5.74) is 16.1. The van der Waals surface area contributed by atoms with E-state index in [0.717, 1.165) is 0 Å². The SMILES string of the molecule is Nc1nc(N)c2ccn([C@@]3(O)CO[C@@H]4COP(=O)(S)O[C@@H]5[C@H](O)[C@@H](COP(=O)(S)O[C@H]43)O[C@H]5n3cnc4c(N)ncnc43)c2n1. The number of nitrogens with two attached hydrogens (primary N) is 3. The van der Waals surface area contributed by atoms with E-state index in [1.165, 1.54) is 34.1 Å². The molecule has 3 aliphatic heterocycles. The predicted octanol–water partition coefficient (Wildman–Crippen LogP) is 0.213. The van der Waals surface area contributed by atoms with Crippen LogP contribution in [0.2, 0.25) is 0 Å². The van der Waals surface area contributed by atoms with E-state index in [0.29, 0.717) is 5.39 Å². The van der Waals surface area contributed by atoms with Crippen LogP contribution in [-0.2, 0) is 42.4 Å². The topological polar surface area (TPSA) is 282 Å². The predicted molar refractivity (Wildman–Crippen MR) is 161 cm³/mol. The molecule has 0 saturated carbocycles. The third kappa shape index (κ3) is 5.37. The Bertz CT molecular complexity index is 1900. The standard InChI is InChI=1S/C21H26N10O10P2S2/c22-15-8-1-2-31(17(8)29-20(24)28-15)21(33)5-36-10-4-38-42(34,44)40-13-12(32)9(3-37-43(35,45)41-14(10)21)39-19(13)30-7-27-11-16(23)25-6-26-18(11)30/h1-2,6-7,9-10,12-14,19,32-33H,3-5H2,(H,34,44)(H,35,45)(H2,23,25,26)(H4,22,24,28,29)/t9-,10-,12-,13-,14-,19-,21-,42?,43?/m1/s1. The molecule has 45 heavy (non-hydrogen) atoms. The summed E-state index contributed by atoms with van der Waals surface area (Å²) < 4.78 is 64.2. The molecule has 2 unspecified atom stereocenters. The first kappa shape index (κ1) is 31.0. The zero-order valence-electron chi connectivity index (χ0n) is 22.7. The largest absolute Gasteiger partial charge is 0.387 e. The first-order chi connectivity index (χ1) is 21.3. The Kier molecular flexibility index (Phi) is 7.58. The molecule has 2 bridgehead atoms. The van der Waals surface area contributed by atoms with Gasteiger partial charge in [0.2, 0.25) is 5.95 Å². The number of hydrogen-bond acceptors (Lipinski definition) is 18. The molecule has 3 fully saturated rings. The second-order valence-corrected chi connectivity index (χ2v) is 16.1. The number of ether oxygens (including phenoxy) is 2. The minimum Gasteiger partial charge on any atom is -0.387 e. The number of aliphatic hydroxyl groups is 2. The van der Waals surface area contributed by atoms with E-state index in [-0.39, 0.29) is 34.4 Å². The molecule has 0 aliphatic carbocycles. The molecule has 0 spiro atoms. The van der Waals surface area contributed by atoms with Crippen molar-refractivity contribution >= 4 is 77.9 Å². The average Bonchev–Trinajstić information content (AvgIpc) is 3.73. The van der Waals surface area contributed by atoms with Crippen LogP contribution in [0, 0.1) is 0 Å². The summed E-state index contributed by atoms with van der Waals surface area (Å²) in [7, 11) is 0. The van der Waals surface area contributed by atoms with Gasteiger partial charge in [0.15, 0.2) is 23.4 Å². The number of nitrogen functional groups attached to an aromatic ring is 3. The molecule has 3 aliphatic rings. The molecule has 7 rings (SSSR count). The fraction of sp³-hybridized carbons (Fsp3) is 0.476. The van der Waals surface area contributed by atoms with Gasteiger partial charge in [-0.1, -0.05) is 24.5 Å². The van der Waals surface area contributed by atoms with Crippen molar-refractivity contribution in [2.24, 2.45) is 0 Å². The molecular formula is C21H26N10O10P2S2. The zero-order chi connectivity index (χ0) is 31.9. The van der Waals surface area contributed by atoms with Crippen molar-refractivity contribution in [2.75, 3.05) is 37.0 Å². The van der Waals surface area contributed by atoms with Gasteiger partial charge in [-0.15, -0.1) is 0 Å². The Labute approximate surface area is 262 Å². The summed E-state index contributed by atoms with van der Waals surface area (Å²) in [6.07, 6.45) is -4.16. The third-order valence-corrected chi connectivity index (χ3v) is 10.8. The number of imidazole rings is 1. The summed E-state index contributed by atoms with van der Waals surface area (Å²) in [5.74, 6) is -0.0231. The van der Waals surface area contributed by atoms with Gasteiger partial charge in [0.1, 0.15) is 53.8 Å². The molecule has 3 saturated heterocycles. The highest BCUT2D eigenvalue weighted by molar-refractivity contribution is 8.44. The lowest BCUT2D eigenvalue weighted by molar-refractivity contribution is -0.103. The maximum Gasteiger partial charge on any atom is 0.386 e. The van der Waals surface area contributed by atoms with Gasteiger partial charge in [-0.2, -0.15) is 9.97 Å². The highest BCUT2D eigenvalue weighted by Crippen LogP contribution is 2.60. The second-order valence-electron chi connectivity index (χ2n) is 10.4. The van der Waals surface area contributed by atoms with Crippen LogP contribution in [0.3, 0.4) is 0 Å². The van der Waals surface area contributed by atoms with Gasteiger partial charge in [-0.3, -0.25) is 27.2 Å². The Balaban J connectivity index is 1.23. The van der Waals surface area contributed by atoms with Crippen LogP contribution in [0.25, 0.3) is 22.2 Å². The molecule has 4 aromatic heterocycles. The molecule has 0 radical (unpaired) electrons. The number of aliphatic hydroxyl groups excluding tert-OH is 1. The normalized spacial score (nSPS) is 37.7. The lowest BCUT2D eigenvalue weighted by Crippen LogP contribution is -2.48. The number of anilines is 3. The van der Waals surface area contributed by atoms with Gasteiger partial charge in [0, 0.05) is 6.20 Å². The van der Waals surface area contributed by atoms with Crippen molar-refractivity contribution in [3.8, 4) is 0 Å². The van der Waals surface area contributed by atoms with E-state index in [1.807, 2.05) is 0 Å². The molecular weight excluding hydrogens is 678 g/mol. The number of nitrogens with zero attached hydrogens (tertiary/aromatic N) is 7. The summed E-state index contributed by atoms with van der Waals surface area (Å²) in [5, 5.41) is 23.5. The third-order valence-electron chi connectivity index (χ3n) is 7.59. The number of fused-ring (bicyclic) bond motifs is 5. The minimum absolute atomic E-state index is 0.0531. The summed E-state index contributed by atoms with van der Waals surface area (Å²) >= 11 is 8.22. The van der Waals surface area contributed by atoms with Crippen LogP contribution in [0.1, 0.15) is 6.23 Å². The Morgan fingerprint density at radius 1 is 0.978 bits per heavy atom. The fourth-order valence-electron chi connectivity index (χ4n) is 5.50. The Hall–Kier alpha value is -2.59. The van der Waals surface area contributed by atoms with E-state index in [4.69, 9.17) is 44.8 Å². The molecule has 4 aromatic rings. The van der Waals surface area contributed by atoms with Gasteiger partial charge < -0.3 is 36.9 Å². The van der Waals surface area contributed by atoms with Crippen molar-refractivity contribution in [2.45, 2.75) is 42.5 Å². The summed E-state index contributed by atoms with van der Waals surface area (Å²) in [6.45, 7) is -10.3. The van der Waals surface area contributed by atoms with E-state index in [1.54, 1.807) is 0 Å². The van der Waals surface area contributed by atoms with Crippen LogP contribution in [0.5, 0.6) is 0 Å². The molecule has 242 valence electrons. The molecule has 7 heterocycles. The van der Waals surface area contributed by atoms with Crippen molar-refractivity contribution < 1.29 is 46.9 Å². The van der Waals surface area contributed by atoms with E-state index < -0.39 is 75.9 Å². The lowest BCUT2D eigenvalue weighted by Gasteiger charge is -2.33. The van der Waals surface area contributed by atoms with Gasteiger partial charge in [-0.25, -0.2) is 24.1 Å². The smallest absolute Gasteiger partial charge is 0.386 e. The van der Waals surface area contributed by atoms with Crippen LogP contribution >= 0.6 is 38.1 Å². The van der Waals surface area contributed by atoms with Crippen LogP contribution in [0.4, 0.5) is 17.6 Å². The lowest BCUT2D eigenvalue weighted by atomic mass is 10.1. The zero-order valence-corrected chi connectivity index (χ0v) is 26.3. The molecule has 0 amide bonds. The Morgan fingerprint density at radius 2 is 1.71 bits per heavy atom. The highest BCUT2D eigenvalue weighted by atomic mass is 32.7.